The van der Waals surface area contributed by atoms with Crippen molar-refractivity contribution in [2.45, 2.75) is 18.0 Å². The Labute approximate surface area is 126 Å². The third kappa shape index (κ3) is 2.46. The Kier molecular flexibility index (Phi) is 3.32. The first-order valence-corrected chi connectivity index (χ1v) is 8.38. The number of anilines is 1. The van der Waals surface area contributed by atoms with Crippen LogP contribution in [0.15, 0.2) is 51.8 Å². The van der Waals surface area contributed by atoms with E-state index in [9.17, 15) is 8.42 Å². The van der Waals surface area contributed by atoms with Gasteiger partial charge in [-0.1, -0.05) is 34.1 Å². The van der Waals surface area contributed by atoms with Gasteiger partial charge in [0.25, 0.3) is 0 Å². The van der Waals surface area contributed by atoms with Crippen LogP contribution in [-0.2, 0) is 10.0 Å². The topological polar surface area (TPSA) is 58.2 Å². The predicted octanol–water partition coefficient (Wildman–Crippen LogP) is 3.16. The second-order valence-corrected chi connectivity index (χ2v) is 7.35. The van der Waals surface area contributed by atoms with Gasteiger partial charge >= 0.3 is 0 Å². The van der Waals surface area contributed by atoms with Crippen molar-refractivity contribution < 1.29 is 8.42 Å². The Morgan fingerprint density at radius 3 is 2.50 bits per heavy atom. The molecule has 1 heterocycles. The minimum Gasteiger partial charge on any atom is -0.364 e. The maximum absolute atomic E-state index is 12.3. The molecule has 20 heavy (non-hydrogen) atoms. The van der Waals surface area contributed by atoms with Crippen LogP contribution < -0.4 is 10.0 Å². The van der Waals surface area contributed by atoms with E-state index in [-0.39, 0.29) is 0 Å². The average molecular weight is 353 g/mol. The molecule has 1 aliphatic rings. The van der Waals surface area contributed by atoms with Crippen molar-refractivity contribution >= 4 is 31.6 Å². The molecule has 4 nitrogen and oxygen atoms in total. The van der Waals surface area contributed by atoms with Crippen LogP contribution in [-0.4, -0.2) is 8.42 Å². The van der Waals surface area contributed by atoms with E-state index in [1.807, 2.05) is 37.3 Å². The van der Waals surface area contributed by atoms with Crippen LogP contribution in [0.3, 0.4) is 0 Å². The number of sulfonamides is 1. The lowest BCUT2D eigenvalue weighted by Gasteiger charge is -2.28. The van der Waals surface area contributed by atoms with Crippen LogP contribution in [0.2, 0.25) is 0 Å². The summed E-state index contributed by atoms with van der Waals surface area (Å²) in [7, 11) is -3.50. The minimum atomic E-state index is -3.50. The molecule has 0 spiro atoms. The van der Waals surface area contributed by atoms with Gasteiger partial charge in [-0.25, -0.2) is 8.42 Å². The number of aryl methyl sites for hydroxylation is 1. The fraction of sp³-hybridized carbons (Fsp3) is 0.143. The summed E-state index contributed by atoms with van der Waals surface area (Å²) in [5.74, 6) is 0. The number of hydrogen-bond acceptors (Lipinski definition) is 3. The summed E-state index contributed by atoms with van der Waals surface area (Å²) in [6, 6.07) is 12.9. The maximum Gasteiger partial charge on any atom is 0.244 e. The zero-order chi connectivity index (χ0) is 14.3. The molecule has 3 rings (SSSR count). The van der Waals surface area contributed by atoms with Crippen molar-refractivity contribution in [1.82, 2.24) is 4.72 Å². The summed E-state index contributed by atoms with van der Waals surface area (Å²) in [6.07, 6.45) is -0.455. The average Bonchev–Trinajstić information content (AvgIpc) is 2.40. The molecule has 1 atom stereocenters. The molecule has 0 amide bonds. The third-order valence-electron chi connectivity index (χ3n) is 3.20. The Morgan fingerprint density at radius 2 is 1.80 bits per heavy atom. The molecule has 1 aliphatic heterocycles. The van der Waals surface area contributed by atoms with Crippen LogP contribution in [0.1, 0.15) is 17.3 Å². The second-order valence-electron chi connectivity index (χ2n) is 4.75. The molecule has 0 fully saturated rings. The highest BCUT2D eigenvalue weighted by Crippen LogP contribution is 2.31. The summed E-state index contributed by atoms with van der Waals surface area (Å²) >= 11 is 3.37. The lowest BCUT2D eigenvalue weighted by molar-refractivity contribution is 0.562. The van der Waals surface area contributed by atoms with Gasteiger partial charge in [0.2, 0.25) is 10.0 Å². The van der Waals surface area contributed by atoms with Gasteiger partial charge < -0.3 is 5.32 Å². The van der Waals surface area contributed by atoms with Gasteiger partial charge in [0.15, 0.2) is 0 Å². The quantitative estimate of drug-likeness (QED) is 0.828. The Hall–Kier alpha value is -1.37. The van der Waals surface area contributed by atoms with Crippen LogP contribution in [0.4, 0.5) is 5.69 Å². The number of hydrogen-bond donors (Lipinski definition) is 2. The fourth-order valence-corrected chi connectivity index (χ4v) is 3.84. The van der Waals surface area contributed by atoms with Crippen LogP contribution >= 0.6 is 15.9 Å². The van der Waals surface area contributed by atoms with Gasteiger partial charge in [0, 0.05) is 4.47 Å². The molecule has 0 aromatic heterocycles. The van der Waals surface area contributed by atoms with Gasteiger partial charge in [0.1, 0.15) is 11.1 Å². The largest absolute Gasteiger partial charge is 0.364 e. The highest BCUT2D eigenvalue weighted by atomic mass is 79.9. The van der Waals surface area contributed by atoms with Crippen molar-refractivity contribution in [1.29, 1.82) is 0 Å². The SMILES string of the molecule is Cc1ccc2c(c1)S(=O)(=O)NC(c1ccc(Br)cc1)N2. The lowest BCUT2D eigenvalue weighted by atomic mass is 10.1. The highest BCUT2D eigenvalue weighted by molar-refractivity contribution is 9.10. The van der Waals surface area contributed by atoms with Gasteiger partial charge in [-0.2, -0.15) is 4.72 Å². The van der Waals surface area contributed by atoms with E-state index in [0.717, 1.165) is 15.6 Å². The van der Waals surface area contributed by atoms with Crippen LogP contribution in [0.5, 0.6) is 0 Å². The van der Waals surface area contributed by atoms with E-state index in [4.69, 9.17) is 0 Å². The Bertz CT molecular complexity index is 757. The summed E-state index contributed by atoms with van der Waals surface area (Å²) in [4.78, 5) is 0.297. The molecule has 2 aromatic rings. The molecule has 0 saturated heterocycles. The first-order valence-electron chi connectivity index (χ1n) is 6.11. The second kappa shape index (κ2) is 4.87. The molecule has 2 N–H and O–H groups in total. The van der Waals surface area contributed by atoms with E-state index >= 15 is 0 Å². The first kappa shape index (κ1) is 13.6. The summed E-state index contributed by atoms with van der Waals surface area (Å²) in [5.41, 5.74) is 2.41. The molecule has 0 bridgehead atoms. The standard InChI is InChI=1S/C14H13BrN2O2S/c1-9-2-7-12-13(8-9)20(18,19)17-14(16-12)10-3-5-11(15)6-4-10/h2-8,14,16-17H,1H3. The zero-order valence-electron chi connectivity index (χ0n) is 10.7. The number of halogens is 1. The molecular formula is C14H13BrN2O2S. The number of benzene rings is 2. The van der Waals surface area contributed by atoms with E-state index in [1.54, 1.807) is 12.1 Å². The third-order valence-corrected chi connectivity index (χ3v) is 5.19. The maximum atomic E-state index is 12.3. The van der Waals surface area contributed by atoms with Gasteiger partial charge in [0.05, 0.1) is 5.69 Å². The van der Waals surface area contributed by atoms with Crippen molar-refractivity contribution in [2.75, 3.05) is 5.32 Å². The van der Waals surface area contributed by atoms with E-state index in [0.29, 0.717) is 10.6 Å². The minimum absolute atomic E-state index is 0.297. The molecule has 6 heteroatoms. The summed E-state index contributed by atoms with van der Waals surface area (Å²) in [6.45, 7) is 1.87. The predicted molar refractivity (Wildman–Crippen MR) is 82.0 cm³/mol. The lowest BCUT2D eigenvalue weighted by Crippen LogP contribution is -2.38. The van der Waals surface area contributed by atoms with Crippen LogP contribution in [0, 0.1) is 6.92 Å². The Balaban J connectivity index is 2.04. The van der Waals surface area contributed by atoms with E-state index in [2.05, 4.69) is 26.0 Å². The van der Waals surface area contributed by atoms with Gasteiger partial charge in [-0.15, -0.1) is 0 Å². The molecule has 0 saturated carbocycles. The fourth-order valence-electron chi connectivity index (χ4n) is 2.18. The molecule has 1 unspecified atom stereocenters. The molecular weight excluding hydrogens is 340 g/mol. The molecule has 2 aromatic carbocycles. The van der Waals surface area contributed by atoms with Gasteiger partial charge in [-0.05, 0) is 42.3 Å². The zero-order valence-corrected chi connectivity index (χ0v) is 13.1. The van der Waals surface area contributed by atoms with E-state index < -0.39 is 16.2 Å². The summed E-state index contributed by atoms with van der Waals surface area (Å²) in [5, 5.41) is 3.21. The molecule has 0 radical (unpaired) electrons. The first-order chi connectivity index (χ1) is 9.45. The Morgan fingerprint density at radius 1 is 1.10 bits per heavy atom. The number of fused-ring (bicyclic) bond motifs is 1. The van der Waals surface area contributed by atoms with Crippen molar-refractivity contribution in [3.05, 3.63) is 58.1 Å². The highest BCUT2D eigenvalue weighted by Gasteiger charge is 2.29. The van der Waals surface area contributed by atoms with Crippen LogP contribution in [0.25, 0.3) is 0 Å². The van der Waals surface area contributed by atoms with Crippen molar-refractivity contribution in [2.24, 2.45) is 0 Å². The van der Waals surface area contributed by atoms with Gasteiger partial charge in [-0.3, -0.25) is 0 Å². The number of nitrogens with one attached hydrogen (secondary N) is 2. The van der Waals surface area contributed by atoms with Crippen molar-refractivity contribution in [3.8, 4) is 0 Å². The molecule has 0 aliphatic carbocycles. The monoisotopic (exact) mass is 352 g/mol. The number of rotatable bonds is 1. The van der Waals surface area contributed by atoms with Crippen molar-refractivity contribution in [3.63, 3.8) is 0 Å². The smallest absolute Gasteiger partial charge is 0.244 e. The van der Waals surface area contributed by atoms with E-state index in [1.165, 1.54) is 0 Å². The molecule has 104 valence electrons. The normalized spacial score (nSPS) is 20.0. The summed E-state index contributed by atoms with van der Waals surface area (Å²) < 4.78 is 28.2.